The van der Waals surface area contributed by atoms with Crippen molar-refractivity contribution in [2.75, 3.05) is 0 Å². The van der Waals surface area contributed by atoms with Crippen molar-refractivity contribution in [3.63, 3.8) is 0 Å². The van der Waals surface area contributed by atoms with Gasteiger partial charge in [0, 0.05) is 27.3 Å². The van der Waals surface area contributed by atoms with Gasteiger partial charge in [0.1, 0.15) is 0 Å². The molecule has 4 heteroatoms. The molecular weight excluding hydrogens is 333 g/mol. The molecule has 0 spiro atoms. The molecule has 1 nitrogen and oxygen atoms in total. The highest BCUT2D eigenvalue weighted by molar-refractivity contribution is 9.09. The lowest BCUT2D eigenvalue weighted by molar-refractivity contribution is 0.750. The van der Waals surface area contributed by atoms with Crippen LogP contribution < -0.4 is 0 Å². The van der Waals surface area contributed by atoms with E-state index in [1.165, 1.54) is 5.56 Å². The molecule has 0 aliphatic carbocycles. The fourth-order valence-corrected chi connectivity index (χ4v) is 3.19. The minimum atomic E-state index is 0.143. The van der Waals surface area contributed by atoms with Gasteiger partial charge in [0.15, 0.2) is 0 Å². The van der Waals surface area contributed by atoms with Crippen molar-refractivity contribution in [2.24, 2.45) is 0 Å². The summed E-state index contributed by atoms with van der Waals surface area (Å²) in [5, 5.41) is 1.34. The zero-order valence-electron chi connectivity index (χ0n) is 9.78. The van der Waals surface area contributed by atoms with Crippen LogP contribution >= 0.6 is 39.1 Å². The van der Waals surface area contributed by atoms with E-state index < -0.39 is 0 Å². The van der Waals surface area contributed by atoms with E-state index in [1.54, 1.807) is 18.5 Å². The molecule has 2 atom stereocenters. The van der Waals surface area contributed by atoms with Crippen LogP contribution in [0.1, 0.15) is 28.8 Å². The average molecular weight is 345 g/mol. The minimum absolute atomic E-state index is 0.143. The summed E-state index contributed by atoms with van der Waals surface area (Å²) < 4.78 is 0. The van der Waals surface area contributed by atoms with Gasteiger partial charge in [0.05, 0.1) is 0 Å². The summed E-state index contributed by atoms with van der Waals surface area (Å²) in [5.74, 6) is 0.298. The van der Waals surface area contributed by atoms with E-state index >= 15 is 0 Å². The number of aromatic nitrogens is 1. The lowest BCUT2D eigenvalue weighted by Gasteiger charge is -2.20. The van der Waals surface area contributed by atoms with Gasteiger partial charge in [-0.25, -0.2) is 0 Å². The Morgan fingerprint density at radius 2 is 1.78 bits per heavy atom. The van der Waals surface area contributed by atoms with Crippen molar-refractivity contribution in [1.82, 2.24) is 4.98 Å². The first-order valence-electron chi connectivity index (χ1n) is 5.58. The third-order valence-corrected chi connectivity index (χ3v) is 4.78. The number of nitrogens with zero attached hydrogens (tertiary/aromatic N) is 1. The summed E-state index contributed by atoms with van der Waals surface area (Å²) in [7, 11) is 0. The van der Waals surface area contributed by atoms with Gasteiger partial charge in [-0.2, -0.15) is 0 Å². The molecular formula is C14H12BrCl2N. The third-order valence-electron chi connectivity index (χ3n) is 2.93. The smallest absolute Gasteiger partial charge is 0.0475 e. The Hall–Kier alpha value is -0.570. The molecule has 2 aromatic rings. The van der Waals surface area contributed by atoms with Crippen LogP contribution in [0.4, 0.5) is 0 Å². The number of benzene rings is 1. The zero-order valence-corrected chi connectivity index (χ0v) is 12.9. The fraction of sp³-hybridized carbons (Fsp3) is 0.214. The van der Waals surface area contributed by atoms with E-state index in [4.69, 9.17) is 23.2 Å². The van der Waals surface area contributed by atoms with Crippen LogP contribution in [-0.2, 0) is 0 Å². The van der Waals surface area contributed by atoms with Gasteiger partial charge in [-0.3, -0.25) is 4.98 Å². The number of halogens is 3. The number of hydrogen-bond acceptors (Lipinski definition) is 1. The molecule has 1 aromatic heterocycles. The van der Waals surface area contributed by atoms with Gasteiger partial charge < -0.3 is 0 Å². The Labute approximate surface area is 125 Å². The molecule has 94 valence electrons. The van der Waals surface area contributed by atoms with E-state index in [0.717, 1.165) is 5.56 Å². The number of hydrogen-bond donors (Lipinski definition) is 0. The quantitative estimate of drug-likeness (QED) is 0.657. The summed E-state index contributed by atoms with van der Waals surface area (Å²) in [6.45, 7) is 2.15. The molecule has 0 N–H and O–H groups in total. The van der Waals surface area contributed by atoms with E-state index in [9.17, 15) is 0 Å². The molecule has 0 aliphatic heterocycles. The Morgan fingerprint density at radius 1 is 1.11 bits per heavy atom. The zero-order chi connectivity index (χ0) is 13.1. The maximum Gasteiger partial charge on any atom is 0.0475 e. The molecule has 0 saturated carbocycles. The molecule has 1 aromatic carbocycles. The number of rotatable bonds is 3. The van der Waals surface area contributed by atoms with Gasteiger partial charge in [0.2, 0.25) is 0 Å². The predicted molar refractivity (Wildman–Crippen MR) is 80.8 cm³/mol. The van der Waals surface area contributed by atoms with E-state index in [2.05, 4.69) is 27.8 Å². The maximum absolute atomic E-state index is 6.23. The van der Waals surface area contributed by atoms with Crippen molar-refractivity contribution in [3.05, 3.63) is 63.9 Å². The predicted octanol–water partition coefficient (Wildman–Crippen LogP) is 5.63. The van der Waals surface area contributed by atoms with Gasteiger partial charge in [-0.05, 0) is 41.3 Å². The molecule has 0 aliphatic rings. The molecule has 0 saturated heterocycles. The van der Waals surface area contributed by atoms with E-state index in [-0.39, 0.29) is 4.83 Å². The van der Waals surface area contributed by atoms with E-state index in [1.807, 2.05) is 24.3 Å². The molecule has 2 unspecified atom stereocenters. The van der Waals surface area contributed by atoms with Crippen molar-refractivity contribution >= 4 is 39.1 Å². The molecule has 0 bridgehead atoms. The summed E-state index contributed by atoms with van der Waals surface area (Å²) in [4.78, 5) is 4.17. The Balaban J connectivity index is 2.28. The molecule has 0 amide bonds. The van der Waals surface area contributed by atoms with Crippen LogP contribution in [-0.4, -0.2) is 4.98 Å². The second-order valence-corrected chi connectivity index (χ2v) is 5.97. The summed E-state index contributed by atoms with van der Waals surface area (Å²) in [5.41, 5.74) is 2.27. The van der Waals surface area contributed by atoms with Crippen molar-refractivity contribution < 1.29 is 0 Å². The monoisotopic (exact) mass is 343 g/mol. The van der Waals surface area contributed by atoms with Gasteiger partial charge in [-0.15, -0.1) is 0 Å². The average Bonchev–Trinajstić information content (AvgIpc) is 2.38. The second-order valence-electron chi connectivity index (χ2n) is 4.14. The number of alkyl halides is 1. The van der Waals surface area contributed by atoms with Crippen LogP contribution in [0.3, 0.4) is 0 Å². The first-order valence-corrected chi connectivity index (χ1v) is 7.25. The SMILES string of the molecule is CC(c1ccncc1)C(Br)c1ccc(Cl)cc1Cl. The summed E-state index contributed by atoms with van der Waals surface area (Å²) in [6.07, 6.45) is 3.60. The molecule has 18 heavy (non-hydrogen) atoms. The van der Waals surface area contributed by atoms with Gasteiger partial charge in [-0.1, -0.05) is 52.1 Å². The normalized spacial score (nSPS) is 14.2. The van der Waals surface area contributed by atoms with Crippen LogP contribution in [0, 0.1) is 0 Å². The summed E-state index contributed by atoms with van der Waals surface area (Å²) >= 11 is 15.9. The highest BCUT2D eigenvalue weighted by Gasteiger charge is 2.20. The lowest BCUT2D eigenvalue weighted by Crippen LogP contribution is -2.03. The van der Waals surface area contributed by atoms with Crippen molar-refractivity contribution in [3.8, 4) is 0 Å². The van der Waals surface area contributed by atoms with Crippen molar-refractivity contribution in [2.45, 2.75) is 17.7 Å². The Morgan fingerprint density at radius 3 is 2.39 bits per heavy atom. The Kier molecular flexibility index (Phi) is 4.66. The molecule has 2 rings (SSSR count). The summed E-state index contributed by atoms with van der Waals surface area (Å²) in [6, 6.07) is 9.62. The topological polar surface area (TPSA) is 12.9 Å². The van der Waals surface area contributed by atoms with Crippen LogP contribution in [0.25, 0.3) is 0 Å². The standard InChI is InChI=1S/C14H12BrCl2N/c1-9(10-4-6-18-7-5-10)14(15)12-3-2-11(16)8-13(12)17/h2-9,14H,1H3. The highest BCUT2D eigenvalue weighted by Crippen LogP contribution is 2.41. The first-order chi connectivity index (χ1) is 8.59. The molecule has 0 fully saturated rings. The van der Waals surface area contributed by atoms with Crippen LogP contribution in [0.2, 0.25) is 10.0 Å². The van der Waals surface area contributed by atoms with E-state index in [0.29, 0.717) is 16.0 Å². The maximum atomic E-state index is 6.23. The largest absolute Gasteiger partial charge is 0.265 e. The second kappa shape index (κ2) is 6.05. The van der Waals surface area contributed by atoms with Crippen molar-refractivity contribution in [1.29, 1.82) is 0 Å². The number of pyridine rings is 1. The fourth-order valence-electron chi connectivity index (χ4n) is 1.83. The highest BCUT2D eigenvalue weighted by atomic mass is 79.9. The van der Waals surface area contributed by atoms with Crippen LogP contribution in [0.15, 0.2) is 42.7 Å². The molecule has 0 radical (unpaired) electrons. The third kappa shape index (κ3) is 3.05. The van der Waals surface area contributed by atoms with Gasteiger partial charge >= 0.3 is 0 Å². The first kappa shape index (κ1) is 13.9. The molecule has 1 heterocycles. The van der Waals surface area contributed by atoms with Gasteiger partial charge in [0.25, 0.3) is 0 Å². The lowest BCUT2D eigenvalue weighted by atomic mass is 9.94. The van der Waals surface area contributed by atoms with Crippen LogP contribution in [0.5, 0.6) is 0 Å². The minimum Gasteiger partial charge on any atom is -0.265 e. The Bertz CT molecular complexity index is 531.